The Bertz CT molecular complexity index is 998. The third kappa shape index (κ3) is 47.9. The predicted molar refractivity (Wildman–Crippen MR) is 250 cm³/mol. The van der Waals surface area contributed by atoms with Crippen LogP contribution in [-0.2, 0) is 27.9 Å². The van der Waals surface area contributed by atoms with Crippen LogP contribution in [0.15, 0.2) is 24.3 Å². The first-order valence-corrected chi connectivity index (χ1v) is 26.5. The van der Waals surface area contributed by atoms with Crippen molar-refractivity contribution in [1.82, 2.24) is 0 Å². The van der Waals surface area contributed by atoms with E-state index in [0.717, 1.165) is 44.9 Å². The number of likely N-dealkylation sites (N-methyl/N-ethyl adjacent to an activating group) is 1. The molecular weight excluding hydrogens is 758 g/mol. The van der Waals surface area contributed by atoms with E-state index in [9.17, 15) is 14.3 Å². The van der Waals surface area contributed by atoms with Crippen LogP contribution in [0.25, 0.3) is 0 Å². The highest BCUT2D eigenvalue weighted by atomic mass is 31.2. The molecule has 0 aliphatic rings. The number of hydrogen-bond acceptors (Lipinski definition) is 7. The van der Waals surface area contributed by atoms with Gasteiger partial charge in [-0.05, 0) is 44.9 Å². The van der Waals surface area contributed by atoms with Gasteiger partial charge >= 0.3 is 5.97 Å². The zero-order valence-corrected chi connectivity index (χ0v) is 40.6. The zero-order chi connectivity index (χ0) is 43.4. The summed E-state index contributed by atoms with van der Waals surface area (Å²) in [6.45, 7) is 5.43. The smallest absolute Gasteiger partial charge is 0.306 e. The lowest BCUT2D eigenvalue weighted by atomic mass is 10.0. The molecule has 2 unspecified atom stereocenters. The Morgan fingerprint density at radius 1 is 0.525 bits per heavy atom. The fourth-order valence-corrected chi connectivity index (χ4v) is 7.84. The number of unbranched alkanes of at least 4 members (excludes halogenated alkanes) is 29. The first-order valence-electron chi connectivity index (χ1n) is 25.1. The number of quaternary nitrogens is 1. The highest BCUT2D eigenvalue weighted by Crippen LogP contribution is 2.38. The Morgan fingerprint density at radius 3 is 1.39 bits per heavy atom. The summed E-state index contributed by atoms with van der Waals surface area (Å²) in [7, 11) is 1.36. The maximum atomic E-state index is 12.7. The van der Waals surface area contributed by atoms with Gasteiger partial charge in [0.25, 0.3) is 7.82 Å². The van der Waals surface area contributed by atoms with Gasteiger partial charge in [0.15, 0.2) is 0 Å². The zero-order valence-electron chi connectivity index (χ0n) is 39.7. The van der Waals surface area contributed by atoms with Gasteiger partial charge in [0.1, 0.15) is 19.3 Å². The molecule has 0 radical (unpaired) electrons. The number of rotatable bonds is 47. The van der Waals surface area contributed by atoms with Crippen LogP contribution < -0.4 is 4.89 Å². The fraction of sp³-hybridized carbons (Fsp3) is 0.900. The Labute approximate surface area is 366 Å². The van der Waals surface area contributed by atoms with Crippen LogP contribution in [0.1, 0.15) is 232 Å². The van der Waals surface area contributed by atoms with Crippen LogP contribution in [0.2, 0.25) is 0 Å². The third-order valence-electron chi connectivity index (χ3n) is 11.0. The molecule has 0 aromatic heterocycles. The molecule has 0 spiro atoms. The first-order chi connectivity index (χ1) is 28.6. The molecule has 59 heavy (non-hydrogen) atoms. The summed E-state index contributed by atoms with van der Waals surface area (Å²) in [5.41, 5.74) is 0. The van der Waals surface area contributed by atoms with Crippen molar-refractivity contribution >= 4 is 13.8 Å². The summed E-state index contributed by atoms with van der Waals surface area (Å²) < 4.78 is 34.7. The molecule has 8 nitrogen and oxygen atoms in total. The van der Waals surface area contributed by atoms with E-state index in [4.69, 9.17) is 18.5 Å². The minimum absolute atomic E-state index is 0.0266. The molecule has 0 N–H and O–H groups in total. The SMILES string of the molecule is CCCCCC/C=C\C/C=C\CCCCCCCCCC(=O)OC(COCCCCCCCCCCCCCCCCCCCCC)COP(=O)([O-])OCC[N+](C)(C)C. The number of phosphoric ester groups is 1. The molecule has 0 heterocycles. The van der Waals surface area contributed by atoms with Crippen LogP contribution in [-0.4, -0.2) is 70.7 Å². The van der Waals surface area contributed by atoms with Crippen molar-refractivity contribution in [3.8, 4) is 0 Å². The summed E-state index contributed by atoms with van der Waals surface area (Å²) in [6, 6.07) is 0. The van der Waals surface area contributed by atoms with E-state index in [-0.39, 0.29) is 25.8 Å². The number of phosphoric acid groups is 1. The molecule has 0 amide bonds. The number of hydrogen-bond donors (Lipinski definition) is 0. The molecule has 0 aliphatic heterocycles. The van der Waals surface area contributed by atoms with Gasteiger partial charge in [0.2, 0.25) is 0 Å². The second-order valence-electron chi connectivity index (χ2n) is 18.2. The van der Waals surface area contributed by atoms with Gasteiger partial charge < -0.3 is 27.9 Å². The Morgan fingerprint density at radius 2 is 0.932 bits per heavy atom. The lowest BCUT2D eigenvalue weighted by Gasteiger charge is -2.28. The highest BCUT2D eigenvalue weighted by Gasteiger charge is 2.20. The van der Waals surface area contributed by atoms with Crippen molar-refractivity contribution < 1.29 is 37.3 Å². The molecule has 0 bridgehead atoms. The number of ether oxygens (including phenoxy) is 2. The van der Waals surface area contributed by atoms with Gasteiger partial charge in [0, 0.05) is 13.0 Å². The summed E-state index contributed by atoms with van der Waals surface area (Å²) in [4.78, 5) is 25.1. The first kappa shape index (κ1) is 58.0. The molecule has 350 valence electrons. The molecule has 2 atom stereocenters. The Kier molecular flexibility index (Phi) is 42.9. The molecule has 0 fully saturated rings. The second kappa shape index (κ2) is 43.6. The monoisotopic (exact) mass is 856 g/mol. The van der Waals surface area contributed by atoms with Gasteiger partial charge in [-0.25, -0.2) is 0 Å². The molecule has 0 rings (SSSR count). The maximum absolute atomic E-state index is 12.7. The lowest BCUT2D eigenvalue weighted by molar-refractivity contribution is -0.870. The molecular formula is C50H98NO7P. The summed E-state index contributed by atoms with van der Waals surface area (Å²) >= 11 is 0. The van der Waals surface area contributed by atoms with Crippen LogP contribution in [0.5, 0.6) is 0 Å². The molecule has 0 aliphatic carbocycles. The number of carbonyl (C=O) groups excluding carboxylic acids is 1. The lowest BCUT2D eigenvalue weighted by Crippen LogP contribution is -2.37. The van der Waals surface area contributed by atoms with E-state index in [2.05, 4.69) is 38.2 Å². The Hall–Kier alpha value is -1.02. The normalized spacial score (nSPS) is 13.8. The fourth-order valence-electron chi connectivity index (χ4n) is 7.11. The van der Waals surface area contributed by atoms with E-state index in [1.807, 2.05) is 21.1 Å². The molecule has 9 heteroatoms. The number of carbonyl (C=O) groups is 1. The summed E-state index contributed by atoms with van der Waals surface area (Å²) in [5, 5.41) is 0. The van der Waals surface area contributed by atoms with Crippen molar-refractivity contribution in [2.75, 3.05) is 54.1 Å². The molecule has 0 aromatic carbocycles. The minimum Gasteiger partial charge on any atom is -0.756 e. The van der Waals surface area contributed by atoms with E-state index in [0.29, 0.717) is 24.1 Å². The minimum atomic E-state index is -4.53. The third-order valence-corrected chi connectivity index (χ3v) is 12.0. The van der Waals surface area contributed by atoms with Gasteiger partial charge in [-0.3, -0.25) is 9.36 Å². The van der Waals surface area contributed by atoms with Crippen molar-refractivity contribution in [3.05, 3.63) is 24.3 Å². The predicted octanol–water partition coefficient (Wildman–Crippen LogP) is 14.5. The molecule has 0 aromatic rings. The highest BCUT2D eigenvalue weighted by molar-refractivity contribution is 7.45. The Balaban J connectivity index is 4.15. The molecule has 0 saturated heterocycles. The standard InChI is InChI=1S/C50H98NO7P/c1-6-8-10-12-14-16-18-20-22-24-26-28-30-32-34-36-38-40-42-45-55-47-49(48-57-59(53,54)56-46-44-51(3,4)5)58-50(52)43-41-39-37-35-33-31-29-27-25-23-21-19-17-15-13-11-9-7-2/h17,19,23,25,49H,6-16,18,20-22,24,26-48H2,1-5H3/b19-17-,25-23-. The van der Waals surface area contributed by atoms with E-state index >= 15 is 0 Å². The van der Waals surface area contributed by atoms with Crippen LogP contribution in [0, 0.1) is 0 Å². The van der Waals surface area contributed by atoms with E-state index < -0.39 is 13.9 Å². The average Bonchev–Trinajstić information content (AvgIpc) is 3.19. The number of nitrogens with zero attached hydrogens (tertiary/aromatic N) is 1. The summed E-state index contributed by atoms with van der Waals surface area (Å²) in [6.07, 6.45) is 50.5. The number of esters is 1. The van der Waals surface area contributed by atoms with E-state index in [1.165, 1.54) is 167 Å². The van der Waals surface area contributed by atoms with Crippen molar-refractivity contribution in [1.29, 1.82) is 0 Å². The topological polar surface area (TPSA) is 94.1 Å². The van der Waals surface area contributed by atoms with Crippen LogP contribution in [0.3, 0.4) is 0 Å². The van der Waals surface area contributed by atoms with Crippen molar-refractivity contribution in [2.24, 2.45) is 0 Å². The van der Waals surface area contributed by atoms with E-state index in [1.54, 1.807) is 0 Å². The van der Waals surface area contributed by atoms with Crippen LogP contribution >= 0.6 is 7.82 Å². The average molecular weight is 856 g/mol. The van der Waals surface area contributed by atoms with Gasteiger partial charge in [-0.1, -0.05) is 205 Å². The van der Waals surface area contributed by atoms with Crippen molar-refractivity contribution in [3.63, 3.8) is 0 Å². The van der Waals surface area contributed by atoms with Gasteiger partial charge in [-0.2, -0.15) is 0 Å². The molecule has 0 saturated carbocycles. The van der Waals surface area contributed by atoms with Gasteiger partial charge in [-0.15, -0.1) is 0 Å². The van der Waals surface area contributed by atoms with Crippen LogP contribution in [0.4, 0.5) is 0 Å². The maximum Gasteiger partial charge on any atom is 0.306 e. The second-order valence-corrected chi connectivity index (χ2v) is 19.6. The quantitative estimate of drug-likeness (QED) is 0.0198. The van der Waals surface area contributed by atoms with Gasteiger partial charge in [0.05, 0.1) is 34.4 Å². The van der Waals surface area contributed by atoms with Crippen molar-refractivity contribution in [2.45, 2.75) is 238 Å². The number of allylic oxidation sites excluding steroid dienone is 4. The largest absolute Gasteiger partial charge is 0.756 e. The summed E-state index contributed by atoms with van der Waals surface area (Å²) in [5.74, 6) is -0.337.